The van der Waals surface area contributed by atoms with Crippen LogP contribution in [0.4, 0.5) is 4.39 Å². The molecule has 4 N–H and O–H groups in total. The number of pyridine rings is 1. The van der Waals surface area contributed by atoms with E-state index in [1.165, 1.54) is 12.1 Å². The van der Waals surface area contributed by atoms with Gasteiger partial charge < -0.3 is 15.7 Å². The number of benzene rings is 1. The Hall–Kier alpha value is -2.58. The molecule has 4 rings (SSSR count). The first-order valence-electron chi connectivity index (χ1n) is 11.0. The number of carboxylic acid groups (broad SMARTS) is 1. The molecule has 176 valence electrons. The van der Waals surface area contributed by atoms with E-state index in [1.807, 2.05) is 33.7 Å². The van der Waals surface area contributed by atoms with Crippen molar-refractivity contribution < 1.29 is 23.7 Å². The Kier molecular flexibility index (Phi) is 6.68. The lowest BCUT2D eigenvalue weighted by atomic mass is 9.98. The molecule has 0 aliphatic carbocycles. The highest BCUT2D eigenvalue weighted by Crippen LogP contribution is 2.59. The van der Waals surface area contributed by atoms with Gasteiger partial charge in [-0.2, -0.15) is 0 Å². The molecule has 0 bridgehead atoms. The van der Waals surface area contributed by atoms with Crippen molar-refractivity contribution >= 4 is 19.0 Å². The van der Waals surface area contributed by atoms with E-state index in [2.05, 4.69) is 4.98 Å². The van der Waals surface area contributed by atoms with Crippen LogP contribution in [0.15, 0.2) is 48.8 Å². The van der Waals surface area contributed by atoms with Crippen molar-refractivity contribution in [3.8, 4) is 11.3 Å². The summed E-state index contributed by atoms with van der Waals surface area (Å²) in [5.41, 5.74) is 8.43. The number of hydrogen-bond donors (Lipinski definition) is 3. The number of carboxylic acids is 1. The van der Waals surface area contributed by atoms with Crippen LogP contribution in [-0.2, 0) is 15.9 Å². The highest BCUT2D eigenvalue weighted by Gasteiger charge is 2.56. The second kappa shape index (κ2) is 9.35. The topological polar surface area (TPSA) is 121 Å². The van der Waals surface area contributed by atoms with Gasteiger partial charge in [0, 0.05) is 37.6 Å². The highest BCUT2D eigenvalue weighted by molar-refractivity contribution is 7.61. The Morgan fingerprint density at radius 3 is 2.85 bits per heavy atom. The summed E-state index contributed by atoms with van der Waals surface area (Å²) in [5.74, 6) is -1.64. The van der Waals surface area contributed by atoms with E-state index in [4.69, 9.17) is 5.73 Å². The number of aliphatic carboxylic acids is 1. The third-order valence-corrected chi connectivity index (χ3v) is 9.17. The number of hydrogen-bond acceptors (Lipinski definition) is 5. The fourth-order valence-electron chi connectivity index (χ4n) is 4.62. The second-order valence-corrected chi connectivity index (χ2v) is 11.3. The molecular formula is C23H28FN4O4P. The number of imidazole rings is 1. The SMILES string of the molecule is NCCCC[C@@]1(C(=O)O)CN(Cc2ccc(F)cc2-c2cnc3ccccn23)CCP1(=O)O. The molecule has 0 radical (unpaired) electrons. The highest BCUT2D eigenvalue weighted by atomic mass is 31.2. The summed E-state index contributed by atoms with van der Waals surface area (Å²) < 4.78 is 29.1. The molecule has 1 fully saturated rings. The zero-order valence-corrected chi connectivity index (χ0v) is 19.1. The van der Waals surface area contributed by atoms with Crippen LogP contribution in [0, 0.1) is 5.82 Å². The van der Waals surface area contributed by atoms with Gasteiger partial charge in [-0.25, -0.2) is 9.37 Å². The van der Waals surface area contributed by atoms with Gasteiger partial charge in [-0.3, -0.25) is 18.7 Å². The lowest BCUT2D eigenvalue weighted by Crippen LogP contribution is -2.53. The van der Waals surface area contributed by atoms with Gasteiger partial charge in [0.15, 0.2) is 5.16 Å². The van der Waals surface area contributed by atoms with Crippen LogP contribution in [0.1, 0.15) is 24.8 Å². The van der Waals surface area contributed by atoms with Crippen LogP contribution in [0.25, 0.3) is 16.9 Å². The van der Waals surface area contributed by atoms with Crippen molar-refractivity contribution in [1.29, 1.82) is 0 Å². The van der Waals surface area contributed by atoms with E-state index in [0.717, 1.165) is 16.9 Å². The maximum atomic E-state index is 14.2. The zero-order chi connectivity index (χ0) is 23.6. The quantitative estimate of drug-likeness (QED) is 0.339. The fourth-order valence-corrected chi connectivity index (χ4v) is 6.83. The van der Waals surface area contributed by atoms with Crippen LogP contribution in [0.2, 0.25) is 0 Å². The molecule has 0 saturated carbocycles. The van der Waals surface area contributed by atoms with Crippen molar-refractivity contribution in [3.05, 3.63) is 60.2 Å². The largest absolute Gasteiger partial charge is 0.480 e. The van der Waals surface area contributed by atoms with Gasteiger partial charge in [0.2, 0.25) is 7.37 Å². The number of carbonyl (C=O) groups is 1. The Morgan fingerprint density at radius 2 is 2.09 bits per heavy atom. The molecule has 1 aliphatic heterocycles. The van der Waals surface area contributed by atoms with Crippen LogP contribution < -0.4 is 5.73 Å². The Bertz CT molecular complexity index is 1220. The summed E-state index contributed by atoms with van der Waals surface area (Å²) in [4.78, 5) is 29.2. The van der Waals surface area contributed by atoms with Gasteiger partial charge in [0.1, 0.15) is 11.5 Å². The van der Waals surface area contributed by atoms with Crippen molar-refractivity contribution in [2.75, 3.05) is 25.8 Å². The number of halogens is 1. The van der Waals surface area contributed by atoms with Crippen molar-refractivity contribution in [2.45, 2.75) is 31.0 Å². The molecule has 1 unspecified atom stereocenters. The van der Waals surface area contributed by atoms with Gasteiger partial charge >= 0.3 is 5.97 Å². The van der Waals surface area contributed by atoms with Gasteiger partial charge in [-0.1, -0.05) is 18.6 Å². The molecule has 2 atom stereocenters. The van der Waals surface area contributed by atoms with Crippen molar-refractivity contribution in [3.63, 3.8) is 0 Å². The molecule has 2 aromatic heterocycles. The van der Waals surface area contributed by atoms with Crippen molar-refractivity contribution in [2.24, 2.45) is 5.73 Å². The number of unbranched alkanes of at least 4 members (excludes halogenated alkanes) is 1. The van der Waals surface area contributed by atoms with E-state index >= 15 is 0 Å². The van der Waals surface area contributed by atoms with E-state index < -0.39 is 18.5 Å². The minimum Gasteiger partial charge on any atom is -0.480 e. The first-order valence-corrected chi connectivity index (χ1v) is 12.8. The van der Waals surface area contributed by atoms with Gasteiger partial charge in [0.25, 0.3) is 0 Å². The number of fused-ring (bicyclic) bond motifs is 1. The summed E-state index contributed by atoms with van der Waals surface area (Å²) in [6, 6.07) is 10.1. The van der Waals surface area contributed by atoms with Gasteiger partial charge in [0.05, 0.1) is 11.9 Å². The Balaban J connectivity index is 1.67. The average Bonchev–Trinajstić information content (AvgIpc) is 3.21. The van der Waals surface area contributed by atoms with E-state index in [9.17, 15) is 23.7 Å². The molecule has 0 spiro atoms. The maximum absolute atomic E-state index is 14.2. The van der Waals surface area contributed by atoms with E-state index in [0.29, 0.717) is 31.5 Å². The lowest BCUT2D eigenvalue weighted by Gasteiger charge is -2.43. The number of rotatable bonds is 8. The molecule has 8 nitrogen and oxygen atoms in total. The monoisotopic (exact) mass is 474 g/mol. The van der Waals surface area contributed by atoms with Crippen LogP contribution in [0.5, 0.6) is 0 Å². The lowest BCUT2D eigenvalue weighted by molar-refractivity contribution is -0.141. The molecular weight excluding hydrogens is 446 g/mol. The van der Waals surface area contributed by atoms with Crippen LogP contribution >= 0.6 is 7.37 Å². The molecule has 1 aromatic carbocycles. The summed E-state index contributed by atoms with van der Waals surface area (Å²) in [6.45, 7) is 0.948. The average molecular weight is 474 g/mol. The molecule has 3 aromatic rings. The fraction of sp³-hybridized carbons (Fsp3) is 0.391. The molecule has 0 amide bonds. The summed E-state index contributed by atoms with van der Waals surface area (Å²) in [6.07, 6.45) is 4.57. The Morgan fingerprint density at radius 1 is 1.27 bits per heavy atom. The zero-order valence-electron chi connectivity index (χ0n) is 18.2. The molecule has 1 saturated heterocycles. The maximum Gasteiger partial charge on any atom is 0.320 e. The minimum atomic E-state index is -3.92. The standard InChI is InChI=1S/C23H28FN4O4P/c24-18-7-6-17(19(13-18)20-14-26-21-5-1-4-10-28(20)21)15-27-11-12-33(31,32)23(16-27,22(29)30)8-2-3-9-25/h1,4-7,10,13-14H,2-3,8-9,11-12,15-16,25H2,(H,29,30)(H,31,32)/t23-/m0/s1. The molecule has 33 heavy (non-hydrogen) atoms. The van der Waals surface area contributed by atoms with Crippen LogP contribution in [0.3, 0.4) is 0 Å². The Labute approximate surface area is 191 Å². The summed E-state index contributed by atoms with van der Waals surface area (Å²) in [7, 11) is -3.92. The molecule has 1 aliphatic rings. The first kappa shape index (κ1) is 23.6. The molecule has 3 heterocycles. The third-order valence-electron chi connectivity index (χ3n) is 6.47. The molecule has 10 heteroatoms. The van der Waals surface area contributed by atoms with Gasteiger partial charge in [-0.05, 0) is 49.2 Å². The van der Waals surface area contributed by atoms with Gasteiger partial charge in [-0.15, -0.1) is 0 Å². The van der Waals surface area contributed by atoms with E-state index in [1.54, 1.807) is 12.3 Å². The predicted molar refractivity (Wildman–Crippen MR) is 124 cm³/mol. The minimum absolute atomic E-state index is 0.0509. The summed E-state index contributed by atoms with van der Waals surface area (Å²) >= 11 is 0. The second-order valence-electron chi connectivity index (χ2n) is 8.59. The van der Waals surface area contributed by atoms with Crippen molar-refractivity contribution in [1.82, 2.24) is 14.3 Å². The third kappa shape index (κ3) is 4.46. The predicted octanol–water partition coefficient (Wildman–Crippen LogP) is 3.18. The van der Waals surface area contributed by atoms with E-state index in [-0.39, 0.29) is 31.5 Å². The number of nitrogens with two attached hydrogens (primary N) is 1. The van der Waals surface area contributed by atoms with Crippen LogP contribution in [-0.4, -0.2) is 61.2 Å². The smallest absolute Gasteiger partial charge is 0.320 e. The normalized spacial score (nSPS) is 23.7. The first-order chi connectivity index (χ1) is 15.8. The summed E-state index contributed by atoms with van der Waals surface area (Å²) in [5, 5.41) is 8.28. The number of aromatic nitrogens is 2. The number of nitrogens with zero attached hydrogens (tertiary/aromatic N) is 3.